The first-order valence-corrected chi connectivity index (χ1v) is 9.32. The van der Waals surface area contributed by atoms with Crippen molar-refractivity contribution in [3.8, 4) is 0 Å². The lowest BCUT2D eigenvalue weighted by molar-refractivity contribution is 0.0461. The Morgan fingerprint density at radius 2 is 1.86 bits per heavy atom. The summed E-state index contributed by atoms with van der Waals surface area (Å²) in [6.45, 7) is 1.95. The van der Waals surface area contributed by atoms with Crippen LogP contribution >= 0.6 is 11.6 Å². The third-order valence-electron chi connectivity index (χ3n) is 4.45. The van der Waals surface area contributed by atoms with E-state index in [9.17, 15) is 9.59 Å². The summed E-state index contributed by atoms with van der Waals surface area (Å²) < 4.78 is 6.89. The van der Waals surface area contributed by atoms with Crippen LogP contribution in [-0.4, -0.2) is 25.7 Å². The number of carbonyl (C=O) groups is 1. The van der Waals surface area contributed by atoms with Crippen molar-refractivity contribution in [3.63, 3.8) is 0 Å². The lowest BCUT2D eigenvalue weighted by Gasteiger charge is -2.06. The van der Waals surface area contributed by atoms with Crippen LogP contribution in [0, 0.1) is 6.92 Å². The monoisotopic (exact) mass is 408 g/mol. The van der Waals surface area contributed by atoms with Gasteiger partial charge in [0, 0.05) is 0 Å². The maximum absolute atomic E-state index is 12.6. The predicted octanol–water partition coefficient (Wildman–Crippen LogP) is 3.49. The fraction of sp³-hybridized carbons (Fsp3) is 0.143. The SMILES string of the molecule is Cc1nn(Cc2ccccc2)c(Cl)c1C(=O)OCc1nc2ccccc2c(=O)[nH]1. The van der Waals surface area contributed by atoms with Gasteiger partial charge in [-0.3, -0.25) is 4.79 Å². The molecule has 0 unspecified atom stereocenters. The van der Waals surface area contributed by atoms with Crippen LogP contribution in [0.2, 0.25) is 5.15 Å². The number of aryl methyl sites for hydroxylation is 1. The Labute approximate surface area is 170 Å². The number of halogens is 1. The minimum absolute atomic E-state index is 0.182. The Morgan fingerprint density at radius 1 is 1.14 bits per heavy atom. The van der Waals surface area contributed by atoms with Gasteiger partial charge in [-0.05, 0) is 24.6 Å². The van der Waals surface area contributed by atoms with Crippen molar-refractivity contribution in [2.75, 3.05) is 0 Å². The standard InChI is InChI=1S/C21H17ClN4O3/c1-13-18(19(22)26(25-13)11-14-7-3-2-4-8-14)21(28)29-12-17-23-16-10-6-5-9-15(16)20(27)24-17/h2-10H,11-12H2,1H3,(H,23,24,27). The molecule has 4 rings (SSSR count). The number of nitrogens with zero attached hydrogens (tertiary/aromatic N) is 3. The van der Waals surface area contributed by atoms with Gasteiger partial charge in [-0.1, -0.05) is 54.1 Å². The second kappa shape index (κ2) is 7.89. The maximum Gasteiger partial charge on any atom is 0.343 e. The van der Waals surface area contributed by atoms with Gasteiger partial charge in [-0.2, -0.15) is 5.10 Å². The molecule has 0 saturated heterocycles. The van der Waals surface area contributed by atoms with Gasteiger partial charge in [-0.25, -0.2) is 14.5 Å². The number of hydrogen-bond acceptors (Lipinski definition) is 5. The molecule has 7 nitrogen and oxygen atoms in total. The zero-order valence-electron chi connectivity index (χ0n) is 15.6. The normalized spacial score (nSPS) is 11.0. The highest BCUT2D eigenvalue weighted by molar-refractivity contribution is 6.32. The minimum atomic E-state index is -0.623. The lowest BCUT2D eigenvalue weighted by atomic mass is 10.2. The second-order valence-corrected chi connectivity index (χ2v) is 6.86. The van der Waals surface area contributed by atoms with Crippen molar-refractivity contribution in [1.29, 1.82) is 0 Å². The fourth-order valence-electron chi connectivity index (χ4n) is 3.06. The molecule has 0 aliphatic heterocycles. The van der Waals surface area contributed by atoms with Crippen LogP contribution in [0.5, 0.6) is 0 Å². The zero-order valence-corrected chi connectivity index (χ0v) is 16.3. The van der Waals surface area contributed by atoms with Gasteiger partial charge >= 0.3 is 5.97 Å². The molecule has 2 aromatic carbocycles. The first-order valence-electron chi connectivity index (χ1n) is 8.95. The summed E-state index contributed by atoms with van der Waals surface area (Å²) in [4.78, 5) is 31.7. The molecule has 0 atom stereocenters. The molecule has 4 aromatic rings. The molecule has 0 spiro atoms. The number of para-hydroxylation sites is 1. The summed E-state index contributed by atoms with van der Waals surface area (Å²) in [6.07, 6.45) is 0. The Bertz CT molecular complexity index is 1250. The maximum atomic E-state index is 12.6. The number of ether oxygens (including phenoxy) is 1. The van der Waals surface area contributed by atoms with Crippen LogP contribution in [0.15, 0.2) is 59.4 Å². The van der Waals surface area contributed by atoms with Gasteiger partial charge in [0.1, 0.15) is 23.1 Å². The number of aromatic amines is 1. The molecule has 29 heavy (non-hydrogen) atoms. The largest absolute Gasteiger partial charge is 0.454 e. The van der Waals surface area contributed by atoms with Crippen LogP contribution in [0.3, 0.4) is 0 Å². The van der Waals surface area contributed by atoms with E-state index in [4.69, 9.17) is 16.3 Å². The summed E-state index contributed by atoms with van der Waals surface area (Å²) >= 11 is 6.39. The molecule has 2 heterocycles. The van der Waals surface area contributed by atoms with Crippen molar-refractivity contribution in [1.82, 2.24) is 19.7 Å². The average Bonchev–Trinajstić information content (AvgIpc) is 3.00. The van der Waals surface area contributed by atoms with Gasteiger partial charge in [0.15, 0.2) is 0 Å². The van der Waals surface area contributed by atoms with Gasteiger partial charge in [0.05, 0.1) is 23.1 Å². The molecule has 146 valence electrons. The topological polar surface area (TPSA) is 89.9 Å². The summed E-state index contributed by atoms with van der Waals surface area (Å²) in [5.41, 5.74) is 1.93. The van der Waals surface area contributed by atoms with E-state index in [1.165, 1.54) is 0 Å². The van der Waals surface area contributed by atoms with Crippen LogP contribution in [0.4, 0.5) is 0 Å². The highest BCUT2D eigenvalue weighted by Gasteiger charge is 2.22. The third-order valence-corrected chi connectivity index (χ3v) is 4.83. The highest BCUT2D eigenvalue weighted by atomic mass is 35.5. The summed E-state index contributed by atoms with van der Waals surface area (Å²) in [5, 5.41) is 5.03. The van der Waals surface area contributed by atoms with Crippen molar-refractivity contribution < 1.29 is 9.53 Å². The molecule has 0 saturated carbocycles. The fourth-order valence-corrected chi connectivity index (χ4v) is 3.37. The average molecular weight is 409 g/mol. The summed E-state index contributed by atoms with van der Waals surface area (Å²) in [6, 6.07) is 16.6. The zero-order chi connectivity index (χ0) is 20.4. The number of hydrogen-bond donors (Lipinski definition) is 1. The number of nitrogens with one attached hydrogen (secondary N) is 1. The number of benzene rings is 2. The number of aromatic nitrogens is 4. The molecule has 2 aromatic heterocycles. The van der Waals surface area contributed by atoms with Crippen LogP contribution in [0.1, 0.15) is 27.4 Å². The first kappa shape index (κ1) is 18.9. The van der Waals surface area contributed by atoms with E-state index >= 15 is 0 Å². The molecule has 0 aliphatic carbocycles. The Kier molecular flexibility index (Phi) is 5.14. The van der Waals surface area contributed by atoms with Crippen LogP contribution in [0.25, 0.3) is 10.9 Å². The molecule has 8 heteroatoms. The van der Waals surface area contributed by atoms with E-state index in [2.05, 4.69) is 15.1 Å². The molecule has 0 fully saturated rings. The number of fused-ring (bicyclic) bond motifs is 1. The predicted molar refractivity (Wildman–Crippen MR) is 109 cm³/mol. The number of carbonyl (C=O) groups excluding carboxylic acids is 1. The van der Waals surface area contributed by atoms with Crippen molar-refractivity contribution >= 4 is 28.5 Å². The smallest absolute Gasteiger partial charge is 0.343 e. The highest BCUT2D eigenvalue weighted by Crippen LogP contribution is 2.22. The van der Waals surface area contributed by atoms with E-state index in [0.29, 0.717) is 23.1 Å². The number of H-pyrrole nitrogens is 1. The Balaban J connectivity index is 1.52. The van der Waals surface area contributed by atoms with Gasteiger partial charge in [0.2, 0.25) is 0 Å². The van der Waals surface area contributed by atoms with E-state index in [-0.39, 0.29) is 28.7 Å². The van der Waals surface area contributed by atoms with E-state index < -0.39 is 5.97 Å². The van der Waals surface area contributed by atoms with Crippen molar-refractivity contribution in [2.24, 2.45) is 0 Å². The molecule has 0 bridgehead atoms. The third kappa shape index (κ3) is 3.90. The Morgan fingerprint density at radius 3 is 2.66 bits per heavy atom. The summed E-state index contributed by atoms with van der Waals surface area (Å²) in [7, 11) is 0. The first-order chi connectivity index (χ1) is 14.0. The van der Waals surface area contributed by atoms with E-state index in [0.717, 1.165) is 5.56 Å². The minimum Gasteiger partial charge on any atom is -0.454 e. The molecular formula is C21H17ClN4O3. The van der Waals surface area contributed by atoms with Gasteiger partial charge < -0.3 is 9.72 Å². The number of rotatable bonds is 5. The van der Waals surface area contributed by atoms with E-state index in [1.54, 1.807) is 35.9 Å². The lowest BCUT2D eigenvalue weighted by Crippen LogP contribution is -2.15. The van der Waals surface area contributed by atoms with Crippen molar-refractivity contribution in [2.45, 2.75) is 20.1 Å². The van der Waals surface area contributed by atoms with Crippen LogP contribution < -0.4 is 5.56 Å². The van der Waals surface area contributed by atoms with E-state index in [1.807, 2.05) is 30.3 Å². The molecular weight excluding hydrogens is 392 g/mol. The second-order valence-electron chi connectivity index (χ2n) is 6.50. The van der Waals surface area contributed by atoms with Crippen molar-refractivity contribution in [3.05, 3.63) is 92.7 Å². The molecule has 1 N–H and O–H groups in total. The quantitative estimate of drug-likeness (QED) is 0.510. The van der Waals surface area contributed by atoms with Gasteiger partial charge in [0.25, 0.3) is 5.56 Å². The van der Waals surface area contributed by atoms with Gasteiger partial charge in [-0.15, -0.1) is 0 Å². The molecule has 0 aliphatic rings. The molecule has 0 amide bonds. The summed E-state index contributed by atoms with van der Waals surface area (Å²) in [5.74, 6) is -0.366. The Hall–Kier alpha value is -3.45. The molecule has 0 radical (unpaired) electrons. The number of esters is 1. The van der Waals surface area contributed by atoms with Crippen LogP contribution in [-0.2, 0) is 17.9 Å².